The van der Waals surface area contributed by atoms with Gasteiger partial charge in [0.25, 0.3) is 0 Å². The van der Waals surface area contributed by atoms with Crippen LogP contribution in [0.5, 0.6) is 0 Å². The van der Waals surface area contributed by atoms with E-state index in [2.05, 4.69) is 25.2 Å². The van der Waals surface area contributed by atoms with Crippen molar-refractivity contribution < 1.29 is 24.1 Å². The largest absolute Gasteiger partial charge is 0.392 e. The highest BCUT2D eigenvalue weighted by atomic mass is 16.7. The van der Waals surface area contributed by atoms with Crippen LogP contribution in [0.3, 0.4) is 0 Å². The molecule has 5 nitrogen and oxygen atoms in total. The van der Waals surface area contributed by atoms with Crippen LogP contribution in [0.15, 0.2) is 23.8 Å². The average molecular weight is 449 g/mol. The summed E-state index contributed by atoms with van der Waals surface area (Å²) in [4.78, 5) is 0. The highest BCUT2D eigenvalue weighted by Gasteiger charge is 2.45. The van der Waals surface area contributed by atoms with E-state index in [-0.39, 0.29) is 31.4 Å². The van der Waals surface area contributed by atoms with Gasteiger partial charge in [0.1, 0.15) is 0 Å². The molecule has 5 heteroatoms. The molecule has 2 saturated heterocycles. The first kappa shape index (κ1) is 24.4. The van der Waals surface area contributed by atoms with Gasteiger partial charge < -0.3 is 24.1 Å². The van der Waals surface area contributed by atoms with Crippen LogP contribution in [0, 0.1) is 17.8 Å². The number of ether oxygens (including phenoxy) is 4. The molecule has 3 fully saturated rings. The fourth-order valence-corrected chi connectivity index (χ4v) is 5.93. The number of allylic oxidation sites excluding steroid dienone is 1. The summed E-state index contributed by atoms with van der Waals surface area (Å²) in [7, 11) is 0. The molecule has 0 aromatic heterocycles. The van der Waals surface area contributed by atoms with Crippen LogP contribution < -0.4 is 0 Å². The first-order chi connectivity index (χ1) is 15.8. The quantitative estimate of drug-likeness (QED) is 0.333. The Morgan fingerprint density at radius 2 is 1.88 bits per heavy atom. The van der Waals surface area contributed by atoms with E-state index in [1.807, 2.05) is 0 Å². The Morgan fingerprint density at radius 1 is 1.09 bits per heavy atom. The van der Waals surface area contributed by atoms with Gasteiger partial charge in [0, 0.05) is 19.1 Å². The zero-order chi connectivity index (χ0) is 22.2. The summed E-state index contributed by atoms with van der Waals surface area (Å²) < 4.78 is 24.7. The third kappa shape index (κ3) is 6.66. The van der Waals surface area contributed by atoms with Crippen molar-refractivity contribution in [3.63, 3.8) is 0 Å². The lowest BCUT2D eigenvalue weighted by molar-refractivity contribution is -0.193. The summed E-state index contributed by atoms with van der Waals surface area (Å²) in [5.41, 5.74) is 1.19. The minimum Gasteiger partial charge on any atom is -0.392 e. The number of fused-ring (bicyclic) bond motifs is 1. The molecule has 4 rings (SSSR count). The average Bonchev–Trinajstić information content (AvgIpc) is 3.36. The van der Waals surface area contributed by atoms with Crippen molar-refractivity contribution in [1.82, 2.24) is 0 Å². The number of rotatable bonds is 11. The highest BCUT2D eigenvalue weighted by Crippen LogP contribution is 2.49. The van der Waals surface area contributed by atoms with E-state index in [4.69, 9.17) is 18.9 Å². The van der Waals surface area contributed by atoms with Crippen molar-refractivity contribution in [2.75, 3.05) is 19.8 Å². The van der Waals surface area contributed by atoms with Gasteiger partial charge in [-0.05, 0) is 75.2 Å². The van der Waals surface area contributed by atoms with E-state index in [1.165, 1.54) is 37.7 Å². The fraction of sp³-hybridized carbons (Fsp3) is 0.852. The predicted octanol–water partition coefficient (Wildman–Crippen LogP) is 5.52. The third-order valence-corrected chi connectivity index (χ3v) is 7.70. The first-order valence-corrected chi connectivity index (χ1v) is 13.3. The monoisotopic (exact) mass is 448 g/mol. The molecule has 0 aromatic carbocycles. The second kappa shape index (κ2) is 12.7. The zero-order valence-electron chi connectivity index (χ0n) is 20.0. The Kier molecular flexibility index (Phi) is 9.66. The molecule has 32 heavy (non-hydrogen) atoms. The van der Waals surface area contributed by atoms with Gasteiger partial charge >= 0.3 is 0 Å². The van der Waals surface area contributed by atoms with Gasteiger partial charge in [-0.3, -0.25) is 0 Å². The maximum Gasteiger partial charge on any atom is 0.158 e. The maximum atomic E-state index is 9.68. The van der Waals surface area contributed by atoms with Gasteiger partial charge in [-0.1, -0.05) is 44.4 Å². The van der Waals surface area contributed by atoms with Crippen molar-refractivity contribution in [2.24, 2.45) is 17.8 Å². The first-order valence-electron chi connectivity index (χ1n) is 13.3. The van der Waals surface area contributed by atoms with Crippen LogP contribution in [0.25, 0.3) is 0 Å². The van der Waals surface area contributed by atoms with Crippen LogP contribution in [0.4, 0.5) is 0 Å². The molecular formula is C27H44O5. The summed E-state index contributed by atoms with van der Waals surface area (Å²) in [6, 6.07) is 0. The Morgan fingerprint density at radius 3 is 2.56 bits per heavy atom. The molecule has 0 aromatic rings. The second-order valence-corrected chi connectivity index (χ2v) is 10.1. The zero-order valence-corrected chi connectivity index (χ0v) is 20.0. The molecule has 2 aliphatic heterocycles. The molecule has 0 spiro atoms. The standard InChI is InChI=1S/C27H44O5/c1-2-3-4-9-22(31-26-10-5-7-14-29-26)12-13-23-24-17-20(19-28)16-21(24)18-25(23)32-27-11-6-8-15-30-27/h12-13,16,21-28H,2-11,14-15,17-19H2,1H3/b13-12-/t21-,22-,23-,24-,25+,26?,27?/m0/s1. The molecule has 0 bridgehead atoms. The van der Waals surface area contributed by atoms with Gasteiger partial charge in [0.05, 0.1) is 18.8 Å². The van der Waals surface area contributed by atoms with Crippen LogP contribution >= 0.6 is 0 Å². The van der Waals surface area contributed by atoms with E-state index in [9.17, 15) is 5.11 Å². The van der Waals surface area contributed by atoms with Gasteiger partial charge in [0.15, 0.2) is 12.6 Å². The van der Waals surface area contributed by atoms with E-state index in [1.54, 1.807) is 0 Å². The molecule has 4 aliphatic rings. The number of aliphatic hydroxyl groups excluding tert-OH is 1. The molecule has 1 saturated carbocycles. The minimum absolute atomic E-state index is 0.0583. The Bertz CT molecular complexity index is 605. The smallest absolute Gasteiger partial charge is 0.158 e. The molecule has 0 radical (unpaired) electrons. The molecular weight excluding hydrogens is 404 g/mol. The summed E-state index contributed by atoms with van der Waals surface area (Å²) in [6.45, 7) is 4.06. The number of hydrogen-bond donors (Lipinski definition) is 1. The predicted molar refractivity (Wildman–Crippen MR) is 125 cm³/mol. The molecule has 1 N–H and O–H groups in total. The third-order valence-electron chi connectivity index (χ3n) is 7.70. The van der Waals surface area contributed by atoms with Crippen LogP contribution in [0.2, 0.25) is 0 Å². The topological polar surface area (TPSA) is 57.2 Å². The van der Waals surface area contributed by atoms with Crippen LogP contribution in [-0.4, -0.2) is 49.7 Å². The lowest BCUT2D eigenvalue weighted by Gasteiger charge is -2.30. The van der Waals surface area contributed by atoms with Gasteiger partial charge in [-0.25, -0.2) is 0 Å². The number of unbranched alkanes of at least 4 members (excludes halogenated alkanes) is 2. The summed E-state index contributed by atoms with van der Waals surface area (Å²) in [5, 5.41) is 9.68. The molecule has 7 atom stereocenters. The molecule has 2 unspecified atom stereocenters. The second-order valence-electron chi connectivity index (χ2n) is 10.1. The Hall–Kier alpha value is -0.720. The van der Waals surface area contributed by atoms with Gasteiger partial charge in [-0.15, -0.1) is 0 Å². The molecule has 2 heterocycles. The normalized spacial score (nSPS) is 36.4. The van der Waals surface area contributed by atoms with Crippen molar-refractivity contribution in [3.05, 3.63) is 23.8 Å². The fourth-order valence-electron chi connectivity index (χ4n) is 5.93. The van der Waals surface area contributed by atoms with Crippen molar-refractivity contribution in [2.45, 2.75) is 109 Å². The summed E-state index contributed by atoms with van der Waals surface area (Å²) >= 11 is 0. The molecule has 182 valence electrons. The van der Waals surface area contributed by atoms with Crippen molar-refractivity contribution in [3.8, 4) is 0 Å². The van der Waals surface area contributed by atoms with E-state index < -0.39 is 0 Å². The summed E-state index contributed by atoms with van der Waals surface area (Å²) in [6.07, 6.45) is 20.5. The van der Waals surface area contributed by atoms with Crippen LogP contribution in [0.1, 0.15) is 84.0 Å². The Labute approximate surface area is 194 Å². The van der Waals surface area contributed by atoms with E-state index in [0.29, 0.717) is 17.8 Å². The Balaban J connectivity index is 1.42. The van der Waals surface area contributed by atoms with Crippen molar-refractivity contribution in [1.29, 1.82) is 0 Å². The molecule has 2 aliphatic carbocycles. The van der Waals surface area contributed by atoms with E-state index in [0.717, 1.165) is 58.2 Å². The number of hydrogen-bond acceptors (Lipinski definition) is 5. The van der Waals surface area contributed by atoms with Gasteiger partial charge in [0.2, 0.25) is 0 Å². The highest BCUT2D eigenvalue weighted by molar-refractivity contribution is 5.21. The lowest BCUT2D eigenvalue weighted by atomic mass is 9.89. The van der Waals surface area contributed by atoms with Crippen LogP contribution in [-0.2, 0) is 18.9 Å². The van der Waals surface area contributed by atoms with Gasteiger partial charge in [-0.2, -0.15) is 0 Å². The molecule has 0 amide bonds. The lowest BCUT2D eigenvalue weighted by Crippen LogP contribution is -2.31. The number of aliphatic hydroxyl groups is 1. The maximum absolute atomic E-state index is 9.68. The summed E-state index contributed by atoms with van der Waals surface area (Å²) in [5.74, 6) is 1.36. The SMILES string of the molecule is CCCCC[C@@H](/C=C\[C@H]1[C@H]2CC(CO)=C[C@H]2C[C@H]1OC1CCCCO1)OC1CCCCO1. The van der Waals surface area contributed by atoms with Crippen molar-refractivity contribution >= 4 is 0 Å². The minimum atomic E-state index is -0.0619. The van der Waals surface area contributed by atoms with E-state index >= 15 is 0 Å².